The van der Waals surface area contributed by atoms with Crippen LogP contribution in [-0.4, -0.2) is 42.1 Å². The molecule has 1 aliphatic heterocycles. The standard InChI is InChI=1S/C12H18N2O4S/c13-8-12(5-1-2-6-12)9-19(17,18)14-7-3-4-10(14)11(15)16/h10H,1-7,9H2,(H,15,16)/t10-/m1/s1. The van der Waals surface area contributed by atoms with E-state index in [1.807, 2.05) is 0 Å². The van der Waals surface area contributed by atoms with E-state index in [4.69, 9.17) is 5.11 Å². The van der Waals surface area contributed by atoms with Gasteiger partial charge in [0.05, 0.1) is 17.2 Å². The molecule has 106 valence electrons. The van der Waals surface area contributed by atoms with Crippen molar-refractivity contribution in [3.05, 3.63) is 0 Å². The number of carboxylic acid groups (broad SMARTS) is 1. The van der Waals surface area contributed by atoms with E-state index in [9.17, 15) is 18.5 Å². The highest BCUT2D eigenvalue weighted by Crippen LogP contribution is 2.39. The van der Waals surface area contributed by atoms with Gasteiger partial charge in [0, 0.05) is 6.54 Å². The zero-order valence-corrected chi connectivity index (χ0v) is 11.5. The molecule has 1 saturated carbocycles. The summed E-state index contributed by atoms with van der Waals surface area (Å²) in [5, 5.41) is 18.3. The van der Waals surface area contributed by atoms with Crippen molar-refractivity contribution in [2.24, 2.45) is 5.41 Å². The molecule has 1 N–H and O–H groups in total. The Morgan fingerprint density at radius 3 is 2.53 bits per heavy atom. The van der Waals surface area contributed by atoms with Crippen molar-refractivity contribution in [3.8, 4) is 6.07 Å². The topological polar surface area (TPSA) is 98.5 Å². The average molecular weight is 286 g/mol. The SMILES string of the molecule is N#CC1(CS(=O)(=O)N2CCC[C@@H]2C(=O)O)CCCC1. The van der Waals surface area contributed by atoms with E-state index in [2.05, 4.69) is 6.07 Å². The van der Waals surface area contributed by atoms with Crippen molar-refractivity contribution < 1.29 is 18.3 Å². The Bertz CT molecular complexity index is 502. The van der Waals surface area contributed by atoms with E-state index in [0.717, 1.165) is 17.1 Å². The van der Waals surface area contributed by atoms with Crippen LogP contribution in [0.1, 0.15) is 38.5 Å². The Morgan fingerprint density at radius 1 is 1.37 bits per heavy atom. The number of carbonyl (C=O) groups is 1. The Hall–Kier alpha value is -1.13. The lowest BCUT2D eigenvalue weighted by atomic mass is 9.91. The Kier molecular flexibility index (Phi) is 3.83. The van der Waals surface area contributed by atoms with Gasteiger partial charge in [-0.2, -0.15) is 9.57 Å². The molecule has 7 heteroatoms. The van der Waals surface area contributed by atoms with E-state index in [1.165, 1.54) is 0 Å². The molecular formula is C12H18N2O4S. The fraction of sp³-hybridized carbons (Fsp3) is 0.833. The minimum atomic E-state index is -3.68. The maximum atomic E-state index is 12.4. The third kappa shape index (κ3) is 2.74. The monoisotopic (exact) mass is 286 g/mol. The summed E-state index contributed by atoms with van der Waals surface area (Å²) in [6.45, 7) is 0.251. The number of hydrogen-bond donors (Lipinski definition) is 1. The first-order valence-corrected chi connectivity index (χ1v) is 8.15. The highest BCUT2D eigenvalue weighted by atomic mass is 32.2. The summed E-state index contributed by atoms with van der Waals surface area (Å²) in [6, 6.07) is 1.19. The summed E-state index contributed by atoms with van der Waals surface area (Å²) < 4.78 is 25.8. The van der Waals surface area contributed by atoms with Gasteiger partial charge in [0.15, 0.2) is 0 Å². The zero-order chi connectivity index (χ0) is 14.1. The lowest BCUT2D eigenvalue weighted by Gasteiger charge is -2.26. The van der Waals surface area contributed by atoms with Crippen LogP contribution < -0.4 is 0 Å². The van der Waals surface area contributed by atoms with Gasteiger partial charge in [0.25, 0.3) is 0 Å². The Morgan fingerprint density at radius 2 is 2.00 bits per heavy atom. The summed E-state index contributed by atoms with van der Waals surface area (Å²) in [6.07, 6.45) is 3.84. The second-order valence-corrected chi connectivity index (χ2v) is 7.38. The van der Waals surface area contributed by atoms with Gasteiger partial charge in [-0.1, -0.05) is 12.8 Å². The van der Waals surface area contributed by atoms with Gasteiger partial charge >= 0.3 is 5.97 Å². The molecule has 0 aromatic heterocycles. The van der Waals surface area contributed by atoms with Gasteiger partial charge in [0.2, 0.25) is 10.0 Å². The third-order valence-corrected chi connectivity index (χ3v) is 6.17. The summed E-state index contributed by atoms with van der Waals surface area (Å²) in [5.74, 6) is -1.33. The molecule has 19 heavy (non-hydrogen) atoms. The minimum Gasteiger partial charge on any atom is -0.480 e. The van der Waals surface area contributed by atoms with Crippen LogP contribution in [-0.2, 0) is 14.8 Å². The predicted molar refractivity (Wildman–Crippen MR) is 67.7 cm³/mol. The predicted octanol–water partition coefficient (Wildman–Crippen LogP) is 0.949. The number of carboxylic acids is 1. The molecule has 2 rings (SSSR count). The summed E-state index contributed by atoms with van der Waals surface area (Å²) in [4.78, 5) is 11.1. The normalized spacial score (nSPS) is 27.2. The number of nitrogens with zero attached hydrogens (tertiary/aromatic N) is 2. The van der Waals surface area contributed by atoms with Gasteiger partial charge < -0.3 is 5.11 Å². The second-order valence-electron chi connectivity index (χ2n) is 5.46. The average Bonchev–Trinajstić information content (AvgIpc) is 2.96. The Labute approximate surface area is 113 Å². The number of aliphatic carboxylic acids is 1. The van der Waals surface area contributed by atoms with E-state index in [1.54, 1.807) is 0 Å². The van der Waals surface area contributed by atoms with Crippen LogP contribution in [0.15, 0.2) is 0 Å². The van der Waals surface area contributed by atoms with Gasteiger partial charge in [-0.05, 0) is 25.7 Å². The van der Waals surface area contributed by atoms with Crippen LogP contribution in [0.5, 0.6) is 0 Å². The highest BCUT2D eigenvalue weighted by molar-refractivity contribution is 7.89. The number of rotatable bonds is 4. The molecule has 6 nitrogen and oxygen atoms in total. The molecule has 0 unspecified atom stereocenters. The van der Waals surface area contributed by atoms with Crippen LogP contribution in [0, 0.1) is 16.7 Å². The summed E-state index contributed by atoms with van der Waals surface area (Å²) in [5.41, 5.74) is -0.815. The van der Waals surface area contributed by atoms with Crippen molar-refractivity contribution in [2.75, 3.05) is 12.3 Å². The molecular weight excluding hydrogens is 268 g/mol. The maximum Gasteiger partial charge on any atom is 0.322 e. The maximum absolute atomic E-state index is 12.4. The fourth-order valence-corrected chi connectivity index (χ4v) is 5.30. The second kappa shape index (κ2) is 5.10. The summed E-state index contributed by atoms with van der Waals surface area (Å²) >= 11 is 0. The molecule has 2 aliphatic rings. The highest BCUT2D eigenvalue weighted by Gasteiger charge is 2.45. The van der Waals surface area contributed by atoms with Crippen LogP contribution >= 0.6 is 0 Å². The molecule has 1 atom stereocenters. The lowest BCUT2D eigenvalue weighted by Crippen LogP contribution is -2.44. The van der Waals surface area contributed by atoms with Crippen LogP contribution in [0.4, 0.5) is 0 Å². The van der Waals surface area contributed by atoms with E-state index < -0.39 is 27.4 Å². The van der Waals surface area contributed by atoms with Crippen LogP contribution in [0.25, 0.3) is 0 Å². The first kappa shape index (κ1) is 14.3. The van der Waals surface area contributed by atoms with Gasteiger partial charge in [-0.15, -0.1) is 0 Å². The minimum absolute atomic E-state index is 0.236. The summed E-state index contributed by atoms with van der Waals surface area (Å²) in [7, 11) is -3.68. The number of hydrogen-bond acceptors (Lipinski definition) is 4. The van der Waals surface area contributed by atoms with Crippen molar-refractivity contribution in [1.82, 2.24) is 4.31 Å². The van der Waals surface area contributed by atoms with Gasteiger partial charge in [-0.3, -0.25) is 4.79 Å². The number of nitriles is 1. The fourth-order valence-electron chi connectivity index (χ4n) is 3.09. The molecule has 0 spiro atoms. The largest absolute Gasteiger partial charge is 0.480 e. The van der Waals surface area contributed by atoms with Crippen molar-refractivity contribution in [3.63, 3.8) is 0 Å². The first-order chi connectivity index (χ1) is 8.90. The van der Waals surface area contributed by atoms with Crippen LogP contribution in [0.2, 0.25) is 0 Å². The molecule has 1 heterocycles. The lowest BCUT2D eigenvalue weighted by molar-refractivity contribution is -0.140. The van der Waals surface area contributed by atoms with Crippen molar-refractivity contribution in [2.45, 2.75) is 44.6 Å². The van der Waals surface area contributed by atoms with Gasteiger partial charge in [0.1, 0.15) is 6.04 Å². The van der Waals surface area contributed by atoms with E-state index in [-0.39, 0.29) is 12.3 Å². The van der Waals surface area contributed by atoms with Crippen molar-refractivity contribution >= 4 is 16.0 Å². The molecule has 1 saturated heterocycles. The molecule has 0 bridgehead atoms. The molecule has 0 radical (unpaired) electrons. The molecule has 0 aromatic rings. The quantitative estimate of drug-likeness (QED) is 0.829. The number of sulfonamides is 1. The zero-order valence-electron chi connectivity index (χ0n) is 10.7. The van der Waals surface area contributed by atoms with E-state index >= 15 is 0 Å². The third-order valence-electron chi connectivity index (χ3n) is 4.10. The molecule has 1 aliphatic carbocycles. The van der Waals surface area contributed by atoms with Gasteiger partial charge in [-0.25, -0.2) is 8.42 Å². The van der Waals surface area contributed by atoms with Crippen LogP contribution in [0.3, 0.4) is 0 Å². The Balaban J connectivity index is 2.19. The molecule has 2 fully saturated rings. The molecule has 0 amide bonds. The first-order valence-electron chi connectivity index (χ1n) is 6.54. The molecule has 0 aromatic carbocycles. The van der Waals surface area contributed by atoms with Crippen molar-refractivity contribution in [1.29, 1.82) is 5.26 Å². The van der Waals surface area contributed by atoms with E-state index in [0.29, 0.717) is 25.7 Å². The smallest absolute Gasteiger partial charge is 0.322 e.